The van der Waals surface area contributed by atoms with Crippen LogP contribution in [0, 0.1) is 6.92 Å². The summed E-state index contributed by atoms with van der Waals surface area (Å²) in [4.78, 5) is 5.12. The summed E-state index contributed by atoms with van der Waals surface area (Å²) in [7, 11) is 0. The molecule has 4 heterocycles. The molecule has 0 saturated carbocycles. The quantitative estimate of drug-likeness (QED) is 0.155. The maximum atomic E-state index is 6.27. The molecule has 0 fully saturated rings. The first-order valence-electron chi connectivity index (χ1n) is 28.2. The lowest BCUT2D eigenvalue weighted by atomic mass is 9.33. The Morgan fingerprint density at radius 1 is 0.388 bits per heavy atom. The summed E-state index contributed by atoms with van der Waals surface area (Å²) in [5, 5.41) is 2.62. The Labute approximate surface area is 476 Å². The Hall–Kier alpha value is -8.32. The minimum Gasteiger partial charge on any atom is -0.454 e. The molecule has 0 aliphatic carbocycles. The van der Waals surface area contributed by atoms with Gasteiger partial charge in [-0.15, -0.1) is 11.3 Å². The SMILES string of the molecule is Cc1cc2c3c(c1)N(c1cc4c(cc1-c1ccccc1)OCO4)c1ccc(C(C)(C)C)cc1B3c1cc(-c3ccc4c(c3)sc3ccccc34)ccc1N2c1cc(-c2ccc(C(C)(C)C)cc2)cc(-c2ccc(C(C)(C)C)cc2)c1. The highest BCUT2D eigenvalue weighted by Gasteiger charge is 2.45. The van der Waals surface area contributed by atoms with Crippen LogP contribution in [-0.2, 0) is 16.2 Å². The molecule has 0 bridgehead atoms. The van der Waals surface area contributed by atoms with Gasteiger partial charge in [0.1, 0.15) is 0 Å². The molecule has 1 aromatic heterocycles. The number of aryl methyl sites for hydroxylation is 1. The Morgan fingerprint density at radius 3 is 1.57 bits per heavy atom. The van der Waals surface area contributed by atoms with Gasteiger partial charge < -0.3 is 19.3 Å². The highest BCUT2D eigenvalue weighted by Crippen LogP contribution is 2.52. The number of hydrogen-bond acceptors (Lipinski definition) is 5. The largest absolute Gasteiger partial charge is 0.454 e. The van der Waals surface area contributed by atoms with E-state index in [4.69, 9.17) is 9.47 Å². The molecular weight excluding hydrogens is 992 g/mol. The number of benzene rings is 10. The average molecular weight is 1060 g/mol. The predicted molar refractivity (Wildman–Crippen MR) is 342 cm³/mol. The molecule has 0 amide bonds. The van der Waals surface area contributed by atoms with Crippen molar-refractivity contribution < 1.29 is 9.47 Å². The van der Waals surface area contributed by atoms with E-state index in [1.54, 1.807) is 0 Å². The standard InChI is InChI=1S/C74H65BN2O2S/c1-45-34-65-71-66(35-45)77(64-43-68-67(78-44-79-68)42-59(64)48-16-12-11-13-17-48)63-33-30-55(74(8,9)10)41-61(63)75(71)60-39-49(50-24-31-58-57-18-14-15-19-69(57)80-70(58)40-50)25-32-62(60)76(65)56-37-51(46-20-26-53(27-21-46)72(2,3)4)36-52(38-56)47-22-28-54(29-23-47)73(5,6)7/h11-43H,44H2,1-10H3. The van der Waals surface area contributed by atoms with Gasteiger partial charge in [0.15, 0.2) is 11.5 Å². The van der Waals surface area contributed by atoms with Crippen LogP contribution in [-0.4, -0.2) is 13.5 Å². The number of thiophene rings is 1. The number of ether oxygens (including phenoxy) is 2. The van der Waals surface area contributed by atoms with E-state index in [1.165, 1.54) is 104 Å². The highest BCUT2D eigenvalue weighted by atomic mass is 32.1. The molecule has 0 N–H and O–H groups in total. The van der Waals surface area contributed by atoms with Gasteiger partial charge in [0.05, 0.1) is 5.69 Å². The van der Waals surface area contributed by atoms with Crippen molar-refractivity contribution in [1.29, 1.82) is 0 Å². The third kappa shape index (κ3) is 8.41. The van der Waals surface area contributed by atoms with Gasteiger partial charge in [0, 0.05) is 60.2 Å². The van der Waals surface area contributed by atoms with Crippen LogP contribution in [0.3, 0.4) is 0 Å². The summed E-state index contributed by atoms with van der Waals surface area (Å²) in [5.74, 6) is 1.51. The molecule has 3 aliphatic heterocycles. The summed E-state index contributed by atoms with van der Waals surface area (Å²) in [6.45, 7) is 23.1. The summed E-state index contributed by atoms with van der Waals surface area (Å²) in [6, 6.07) is 76.2. The molecule has 0 saturated heterocycles. The highest BCUT2D eigenvalue weighted by molar-refractivity contribution is 7.25. The summed E-state index contributed by atoms with van der Waals surface area (Å²) < 4.78 is 15.0. The first-order chi connectivity index (χ1) is 38.4. The zero-order valence-electron chi connectivity index (χ0n) is 47.5. The van der Waals surface area contributed by atoms with Crippen molar-refractivity contribution >= 4 is 88.7 Å². The van der Waals surface area contributed by atoms with E-state index in [-0.39, 0.29) is 29.8 Å². The molecule has 80 heavy (non-hydrogen) atoms. The lowest BCUT2D eigenvalue weighted by Crippen LogP contribution is -2.61. The minimum atomic E-state index is -0.111. The van der Waals surface area contributed by atoms with E-state index in [0.29, 0.717) is 0 Å². The second kappa shape index (κ2) is 18.4. The van der Waals surface area contributed by atoms with Gasteiger partial charge in [-0.2, -0.15) is 0 Å². The molecule has 14 rings (SSSR count). The first kappa shape index (κ1) is 49.9. The molecular formula is C74H65BN2O2S. The predicted octanol–water partition coefficient (Wildman–Crippen LogP) is 18.7. The van der Waals surface area contributed by atoms with Crippen molar-refractivity contribution in [2.45, 2.75) is 85.5 Å². The van der Waals surface area contributed by atoms with Crippen LogP contribution < -0.4 is 35.7 Å². The Bertz CT molecular complexity index is 4210. The van der Waals surface area contributed by atoms with Gasteiger partial charge in [-0.3, -0.25) is 0 Å². The van der Waals surface area contributed by atoms with Crippen LogP contribution in [0.2, 0.25) is 0 Å². The zero-order valence-corrected chi connectivity index (χ0v) is 48.3. The monoisotopic (exact) mass is 1060 g/mol. The van der Waals surface area contributed by atoms with Crippen LogP contribution in [0.25, 0.3) is 64.7 Å². The maximum Gasteiger partial charge on any atom is 0.252 e. The van der Waals surface area contributed by atoms with Crippen LogP contribution in [0.4, 0.5) is 34.1 Å². The molecule has 11 aromatic rings. The van der Waals surface area contributed by atoms with E-state index < -0.39 is 0 Å². The van der Waals surface area contributed by atoms with Crippen molar-refractivity contribution in [1.82, 2.24) is 0 Å². The topological polar surface area (TPSA) is 24.9 Å². The van der Waals surface area contributed by atoms with Crippen molar-refractivity contribution in [3.05, 3.63) is 222 Å². The third-order valence-electron chi connectivity index (χ3n) is 16.9. The Morgan fingerprint density at radius 2 is 0.912 bits per heavy atom. The fourth-order valence-electron chi connectivity index (χ4n) is 12.6. The van der Waals surface area contributed by atoms with Crippen LogP contribution >= 0.6 is 11.3 Å². The molecule has 4 nitrogen and oxygen atoms in total. The van der Waals surface area contributed by atoms with Crippen molar-refractivity contribution in [3.8, 4) is 56.0 Å². The second-order valence-electron chi connectivity index (χ2n) is 25.4. The molecule has 3 aliphatic rings. The molecule has 10 aromatic carbocycles. The van der Waals surface area contributed by atoms with Crippen LogP contribution in [0.15, 0.2) is 200 Å². The van der Waals surface area contributed by atoms with Gasteiger partial charge in [-0.1, -0.05) is 196 Å². The van der Waals surface area contributed by atoms with Gasteiger partial charge >= 0.3 is 0 Å². The Balaban J connectivity index is 1.06. The van der Waals surface area contributed by atoms with E-state index in [0.717, 1.165) is 45.4 Å². The lowest BCUT2D eigenvalue weighted by Gasteiger charge is -2.45. The lowest BCUT2D eigenvalue weighted by molar-refractivity contribution is 0.174. The summed E-state index contributed by atoms with van der Waals surface area (Å²) in [5.41, 5.74) is 25.0. The molecule has 6 heteroatoms. The zero-order chi connectivity index (χ0) is 55.0. The summed E-state index contributed by atoms with van der Waals surface area (Å²) in [6.07, 6.45) is 0. The Kier molecular flexibility index (Phi) is 11.5. The van der Waals surface area contributed by atoms with Crippen molar-refractivity contribution in [3.63, 3.8) is 0 Å². The molecule has 392 valence electrons. The molecule has 0 radical (unpaired) electrons. The van der Waals surface area contributed by atoms with E-state index >= 15 is 0 Å². The van der Waals surface area contributed by atoms with Gasteiger partial charge in [0.25, 0.3) is 6.71 Å². The van der Waals surface area contributed by atoms with Crippen molar-refractivity contribution in [2.24, 2.45) is 0 Å². The number of anilines is 6. The number of hydrogen-bond donors (Lipinski definition) is 0. The van der Waals surface area contributed by atoms with E-state index in [2.05, 4.69) is 279 Å². The number of fused-ring (bicyclic) bond motifs is 8. The molecule has 0 unspecified atom stereocenters. The molecule has 0 spiro atoms. The third-order valence-corrected chi connectivity index (χ3v) is 18.1. The first-order valence-corrected chi connectivity index (χ1v) is 29.1. The van der Waals surface area contributed by atoms with E-state index in [9.17, 15) is 0 Å². The van der Waals surface area contributed by atoms with Gasteiger partial charge in [0.2, 0.25) is 6.79 Å². The molecule has 0 atom stereocenters. The average Bonchev–Trinajstić information content (AvgIpc) is 4.07. The normalized spacial score (nSPS) is 13.7. The summed E-state index contributed by atoms with van der Waals surface area (Å²) >= 11 is 1.88. The van der Waals surface area contributed by atoms with Gasteiger partial charge in [-0.25, -0.2) is 0 Å². The fourth-order valence-corrected chi connectivity index (χ4v) is 13.7. The maximum absolute atomic E-state index is 6.27. The smallest absolute Gasteiger partial charge is 0.252 e. The van der Waals surface area contributed by atoms with Gasteiger partial charge in [-0.05, 0) is 161 Å². The van der Waals surface area contributed by atoms with Crippen LogP contribution in [0.1, 0.15) is 84.6 Å². The van der Waals surface area contributed by atoms with Crippen LogP contribution in [0.5, 0.6) is 11.5 Å². The fraction of sp³-hybridized carbons (Fsp3) is 0.189. The van der Waals surface area contributed by atoms with E-state index in [1.807, 2.05) is 11.3 Å². The number of rotatable bonds is 6. The van der Waals surface area contributed by atoms with Crippen molar-refractivity contribution in [2.75, 3.05) is 16.6 Å². The number of nitrogens with zero attached hydrogens (tertiary/aromatic N) is 2. The minimum absolute atomic E-state index is 0.0315. The second-order valence-corrected chi connectivity index (χ2v) is 26.5.